The van der Waals surface area contributed by atoms with Crippen LogP contribution in [0.5, 0.6) is 0 Å². The lowest BCUT2D eigenvalue weighted by molar-refractivity contribution is -0.140. The van der Waals surface area contributed by atoms with Gasteiger partial charge >= 0.3 is 0 Å². The predicted octanol–water partition coefficient (Wildman–Crippen LogP) is 2.09. The molecule has 1 unspecified atom stereocenters. The smallest absolute Gasteiger partial charge is 0.0810 e. The summed E-state index contributed by atoms with van der Waals surface area (Å²) in [5.74, 6) is 0.890. The molecule has 1 heterocycles. The van der Waals surface area contributed by atoms with Gasteiger partial charge in [-0.1, -0.05) is 19.3 Å². The summed E-state index contributed by atoms with van der Waals surface area (Å²) in [4.78, 5) is 0. The van der Waals surface area contributed by atoms with Gasteiger partial charge in [0, 0.05) is 13.1 Å². The number of hydrogen-bond acceptors (Lipinski definition) is 2. The fourth-order valence-electron chi connectivity index (χ4n) is 3.07. The van der Waals surface area contributed by atoms with E-state index >= 15 is 0 Å². The first-order valence-corrected chi connectivity index (χ1v) is 6.27. The third-order valence-corrected chi connectivity index (χ3v) is 4.11. The molecular weight excluding hydrogens is 174 g/mol. The SMILES string of the molecule is C1CCC2(CC1)CNCC(C1CC1)O2. The summed E-state index contributed by atoms with van der Waals surface area (Å²) in [5.41, 5.74) is 0.240. The van der Waals surface area contributed by atoms with Crippen LogP contribution < -0.4 is 5.32 Å². The van der Waals surface area contributed by atoms with Crippen LogP contribution in [0, 0.1) is 5.92 Å². The standard InChI is InChI=1S/C12H21NO/c1-2-6-12(7-3-1)9-13-8-11(14-12)10-4-5-10/h10-11,13H,1-9H2. The highest BCUT2D eigenvalue weighted by molar-refractivity contribution is 4.95. The molecule has 0 aromatic carbocycles. The summed E-state index contributed by atoms with van der Waals surface area (Å²) in [7, 11) is 0. The normalized spacial score (nSPS) is 37.3. The van der Waals surface area contributed by atoms with Gasteiger partial charge in [0.05, 0.1) is 11.7 Å². The van der Waals surface area contributed by atoms with Gasteiger partial charge in [-0.3, -0.25) is 0 Å². The van der Waals surface area contributed by atoms with E-state index in [0.717, 1.165) is 19.0 Å². The van der Waals surface area contributed by atoms with Crippen LogP contribution in [0.2, 0.25) is 0 Å². The largest absolute Gasteiger partial charge is 0.369 e. The Morgan fingerprint density at radius 3 is 2.57 bits per heavy atom. The molecule has 2 nitrogen and oxygen atoms in total. The minimum atomic E-state index is 0.240. The minimum absolute atomic E-state index is 0.240. The second kappa shape index (κ2) is 3.49. The van der Waals surface area contributed by atoms with Gasteiger partial charge in [-0.25, -0.2) is 0 Å². The third kappa shape index (κ3) is 1.70. The maximum Gasteiger partial charge on any atom is 0.0810 e. The van der Waals surface area contributed by atoms with E-state index < -0.39 is 0 Å². The Morgan fingerprint density at radius 2 is 1.86 bits per heavy atom. The van der Waals surface area contributed by atoms with Gasteiger partial charge < -0.3 is 10.1 Å². The first-order valence-electron chi connectivity index (χ1n) is 6.27. The van der Waals surface area contributed by atoms with E-state index in [0.29, 0.717) is 6.10 Å². The molecule has 0 amide bonds. The van der Waals surface area contributed by atoms with Crippen molar-refractivity contribution in [1.82, 2.24) is 5.32 Å². The highest BCUT2D eigenvalue weighted by Gasteiger charge is 2.43. The first kappa shape index (κ1) is 9.17. The van der Waals surface area contributed by atoms with Crippen molar-refractivity contribution in [1.29, 1.82) is 0 Å². The summed E-state index contributed by atoms with van der Waals surface area (Å²) in [6.07, 6.45) is 10.1. The topological polar surface area (TPSA) is 21.3 Å². The second-order valence-electron chi connectivity index (χ2n) is 5.37. The van der Waals surface area contributed by atoms with Crippen LogP contribution in [-0.4, -0.2) is 24.8 Å². The Bertz CT molecular complexity index is 201. The quantitative estimate of drug-likeness (QED) is 0.691. The maximum absolute atomic E-state index is 6.38. The number of ether oxygens (including phenoxy) is 1. The number of morpholine rings is 1. The molecule has 1 saturated heterocycles. The molecule has 0 bridgehead atoms. The van der Waals surface area contributed by atoms with Gasteiger partial charge in [-0.05, 0) is 31.6 Å². The average Bonchev–Trinajstić information content (AvgIpc) is 3.02. The van der Waals surface area contributed by atoms with Crippen LogP contribution in [0.15, 0.2) is 0 Å². The Morgan fingerprint density at radius 1 is 1.07 bits per heavy atom. The zero-order valence-electron chi connectivity index (χ0n) is 8.93. The monoisotopic (exact) mass is 195 g/mol. The van der Waals surface area contributed by atoms with E-state index in [1.54, 1.807) is 0 Å². The molecule has 1 N–H and O–H groups in total. The van der Waals surface area contributed by atoms with Gasteiger partial charge in [0.1, 0.15) is 0 Å². The molecule has 2 saturated carbocycles. The third-order valence-electron chi connectivity index (χ3n) is 4.11. The van der Waals surface area contributed by atoms with Crippen molar-refractivity contribution in [2.75, 3.05) is 13.1 Å². The lowest BCUT2D eigenvalue weighted by atomic mass is 9.83. The minimum Gasteiger partial charge on any atom is -0.369 e. The van der Waals surface area contributed by atoms with Crippen molar-refractivity contribution < 1.29 is 4.74 Å². The molecule has 3 fully saturated rings. The van der Waals surface area contributed by atoms with E-state index in [2.05, 4.69) is 5.32 Å². The number of hydrogen-bond donors (Lipinski definition) is 1. The van der Waals surface area contributed by atoms with Crippen molar-refractivity contribution >= 4 is 0 Å². The molecule has 80 valence electrons. The molecule has 1 atom stereocenters. The van der Waals surface area contributed by atoms with Crippen LogP contribution in [0.3, 0.4) is 0 Å². The van der Waals surface area contributed by atoms with E-state index in [9.17, 15) is 0 Å². The first-order chi connectivity index (χ1) is 6.88. The van der Waals surface area contributed by atoms with Crippen LogP contribution in [0.1, 0.15) is 44.9 Å². The van der Waals surface area contributed by atoms with Crippen molar-refractivity contribution in [2.24, 2.45) is 5.92 Å². The van der Waals surface area contributed by atoms with Gasteiger partial charge in [0.25, 0.3) is 0 Å². The van der Waals surface area contributed by atoms with Crippen LogP contribution in [0.4, 0.5) is 0 Å². The Balaban J connectivity index is 1.66. The molecule has 2 heteroatoms. The lowest BCUT2D eigenvalue weighted by Gasteiger charge is -2.44. The summed E-state index contributed by atoms with van der Waals surface area (Å²) in [6, 6.07) is 0. The second-order valence-corrected chi connectivity index (χ2v) is 5.37. The van der Waals surface area contributed by atoms with Gasteiger partial charge in [-0.2, -0.15) is 0 Å². The number of nitrogens with one attached hydrogen (secondary N) is 1. The zero-order chi connectivity index (χ0) is 9.43. The van der Waals surface area contributed by atoms with Crippen molar-refractivity contribution in [3.05, 3.63) is 0 Å². The molecule has 0 aromatic heterocycles. The Labute approximate surface area is 86.4 Å². The van der Waals surface area contributed by atoms with Crippen LogP contribution >= 0.6 is 0 Å². The van der Waals surface area contributed by atoms with Crippen molar-refractivity contribution in [2.45, 2.75) is 56.7 Å². The van der Waals surface area contributed by atoms with E-state index in [1.807, 2.05) is 0 Å². The summed E-state index contributed by atoms with van der Waals surface area (Å²) in [6.45, 7) is 2.21. The summed E-state index contributed by atoms with van der Waals surface area (Å²) < 4.78 is 6.38. The van der Waals surface area contributed by atoms with E-state index in [-0.39, 0.29) is 5.60 Å². The zero-order valence-corrected chi connectivity index (χ0v) is 8.93. The molecule has 2 aliphatic carbocycles. The van der Waals surface area contributed by atoms with E-state index in [1.165, 1.54) is 44.9 Å². The molecular formula is C12H21NO. The molecule has 1 spiro atoms. The fraction of sp³-hybridized carbons (Fsp3) is 1.00. The van der Waals surface area contributed by atoms with Crippen LogP contribution in [0.25, 0.3) is 0 Å². The maximum atomic E-state index is 6.38. The molecule has 14 heavy (non-hydrogen) atoms. The predicted molar refractivity (Wildman–Crippen MR) is 56.3 cm³/mol. The van der Waals surface area contributed by atoms with E-state index in [4.69, 9.17) is 4.74 Å². The Kier molecular flexibility index (Phi) is 2.29. The molecule has 3 rings (SSSR count). The summed E-state index contributed by atoms with van der Waals surface area (Å²) >= 11 is 0. The average molecular weight is 195 g/mol. The summed E-state index contributed by atoms with van der Waals surface area (Å²) in [5, 5.41) is 3.59. The molecule has 0 aromatic rings. The molecule has 3 aliphatic rings. The van der Waals surface area contributed by atoms with Crippen molar-refractivity contribution in [3.8, 4) is 0 Å². The lowest BCUT2D eigenvalue weighted by Crippen LogP contribution is -2.55. The van der Waals surface area contributed by atoms with Crippen molar-refractivity contribution in [3.63, 3.8) is 0 Å². The molecule has 1 aliphatic heterocycles. The highest BCUT2D eigenvalue weighted by atomic mass is 16.5. The Hall–Kier alpha value is -0.0800. The molecule has 0 radical (unpaired) electrons. The van der Waals surface area contributed by atoms with Gasteiger partial charge in [-0.15, -0.1) is 0 Å². The highest BCUT2D eigenvalue weighted by Crippen LogP contribution is 2.41. The fourth-order valence-corrected chi connectivity index (χ4v) is 3.07. The van der Waals surface area contributed by atoms with Crippen LogP contribution in [-0.2, 0) is 4.74 Å². The number of rotatable bonds is 1. The van der Waals surface area contributed by atoms with Gasteiger partial charge in [0.2, 0.25) is 0 Å². The van der Waals surface area contributed by atoms with Gasteiger partial charge in [0.15, 0.2) is 0 Å².